The van der Waals surface area contributed by atoms with Crippen LogP contribution in [0, 0.1) is 23.7 Å². The summed E-state index contributed by atoms with van der Waals surface area (Å²) in [4.78, 5) is 13.0. The van der Waals surface area contributed by atoms with Crippen molar-refractivity contribution in [3.05, 3.63) is 0 Å². The Labute approximate surface area is 245 Å². The first-order valence-corrected chi connectivity index (χ1v) is 17.4. The molecule has 232 valence electrons. The van der Waals surface area contributed by atoms with Crippen LogP contribution in [0.1, 0.15) is 184 Å². The molecule has 0 radical (unpaired) electrons. The predicted octanol–water partition coefficient (Wildman–Crippen LogP) is 11.0. The van der Waals surface area contributed by atoms with Gasteiger partial charge in [-0.1, -0.05) is 138 Å². The molecule has 1 heterocycles. The van der Waals surface area contributed by atoms with Gasteiger partial charge in [0.2, 0.25) is 0 Å². The Bertz CT molecular complexity index is 630. The lowest BCUT2D eigenvalue weighted by molar-refractivity contribution is -0.163. The summed E-state index contributed by atoms with van der Waals surface area (Å²) in [7, 11) is 0. The Morgan fingerprint density at radius 3 is 1.56 bits per heavy atom. The zero-order valence-electron chi connectivity index (χ0n) is 28.1. The molecule has 3 heteroatoms. The molecule has 1 saturated heterocycles. The van der Waals surface area contributed by atoms with Crippen LogP contribution in [0.25, 0.3) is 0 Å². The Hall–Kier alpha value is -0.570. The number of carbonyl (C=O) groups excluding carboxylic acids is 1. The third kappa shape index (κ3) is 15.3. The average molecular weight is 550 g/mol. The monoisotopic (exact) mass is 550 g/mol. The first-order chi connectivity index (χ1) is 18.4. The van der Waals surface area contributed by atoms with Crippen LogP contribution in [-0.2, 0) is 9.53 Å². The number of unbranched alkanes of at least 4 members (excludes halogenated alkanes) is 14. The minimum absolute atomic E-state index is 0.00240. The summed E-state index contributed by atoms with van der Waals surface area (Å²) in [6.07, 6.45) is 23.9. The topological polar surface area (TPSA) is 38.3 Å². The molecule has 0 amide bonds. The van der Waals surface area contributed by atoms with Crippen LogP contribution in [0.2, 0.25) is 0 Å². The van der Waals surface area contributed by atoms with Crippen molar-refractivity contribution in [3.8, 4) is 0 Å². The minimum Gasteiger partial charge on any atom is -0.462 e. The summed E-state index contributed by atoms with van der Waals surface area (Å²) in [6, 6.07) is 0. The molecule has 1 rings (SSSR count). The minimum atomic E-state index is -0.0240. The van der Waals surface area contributed by atoms with Crippen molar-refractivity contribution in [1.82, 2.24) is 5.32 Å². The lowest BCUT2D eigenvalue weighted by atomic mass is 9.63. The van der Waals surface area contributed by atoms with Gasteiger partial charge in [-0.3, -0.25) is 4.79 Å². The molecular weight excluding hydrogens is 478 g/mol. The van der Waals surface area contributed by atoms with E-state index in [1.54, 1.807) is 0 Å². The maximum Gasteiger partial charge on any atom is 0.306 e. The highest BCUT2D eigenvalue weighted by Crippen LogP contribution is 2.44. The molecule has 1 N–H and O–H groups in total. The van der Waals surface area contributed by atoms with E-state index in [4.69, 9.17) is 4.74 Å². The second-order valence-electron chi connectivity index (χ2n) is 15.0. The van der Waals surface area contributed by atoms with E-state index in [1.165, 1.54) is 83.5 Å². The first-order valence-electron chi connectivity index (χ1n) is 17.4. The number of carbonyl (C=O) groups is 1. The molecule has 0 aromatic rings. The molecule has 1 aliphatic heterocycles. The fraction of sp³-hybridized carbons (Fsp3) is 0.972. The van der Waals surface area contributed by atoms with Gasteiger partial charge in [0.15, 0.2) is 0 Å². The van der Waals surface area contributed by atoms with Gasteiger partial charge >= 0.3 is 5.97 Å². The average Bonchev–Trinajstić information content (AvgIpc) is 2.79. The van der Waals surface area contributed by atoms with Gasteiger partial charge < -0.3 is 10.1 Å². The molecule has 0 aromatic heterocycles. The molecule has 0 aliphatic carbocycles. The van der Waals surface area contributed by atoms with Crippen LogP contribution in [-0.4, -0.2) is 23.2 Å². The maximum absolute atomic E-state index is 13.0. The van der Waals surface area contributed by atoms with E-state index in [1.807, 2.05) is 0 Å². The van der Waals surface area contributed by atoms with Crippen molar-refractivity contribution < 1.29 is 9.53 Å². The Morgan fingerprint density at radius 1 is 0.718 bits per heavy atom. The molecule has 0 aromatic carbocycles. The molecule has 0 bridgehead atoms. The molecule has 3 nitrogen and oxygen atoms in total. The van der Waals surface area contributed by atoms with Gasteiger partial charge in [-0.15, -0.1) is 0 Å². The van der Waals surface area contributed by atoms with E-state index in [0.29, 0.717) is 30.1 Å². The summed E-state index contributed by atoms with van der Waals surface area (Å²) in [5, 5.41) is 4.11. The van der Waals surface area contributed by atoms with E-state index in [0.717, 1.165) is 32.1 Å². The summed E-state index contributed by atoms with van der Waals surface area (Å²) < 4.78 is 6.36. The van der Waals surface area contributed by atoms with Crippen molar-refractivity contribution in [2.24, 2.45) is 23.7 Å². The highest BCUT2D eigenvalue weighted by Gasteiger charge is 2.52. The molecule has 1 fully saturated rings. The van der Waals surface area contributed by atoms with Crippen molar-refractivity contribution in [2.45, 2.75) is 201 Å². The van der Waals surface area contributed by atoms with Gasteiger partial charge in [-0.2, -0.15) is 0 Å². The van der Waals surface area contributed by atoms with Crippen LogP contribution >= 0.6 is 0 Å². The molecule has 0 spiro atoms. The van der Waals surface area contributed by atoms with Crippen LogP contribution in [0.5, 0.6) is 0 Å². The van der Waals surface area contributed by atoms with Gasteiger partial charge in [0.1, 0.15) is 6.10 Å². The number of nitrogens with one attached hydrogen (secondary N) is 1. The molecule has 0 saturated carbocycles. The highest BCUT2D eigenvalue weighted by atomic mass is 16.5. The first kappa shape index (κ1) is 36.5. The van der Waals surface area contributed by atoms with Crippen LogP contribution in [0.4, 0.5) is 0 Å². The van der Waals surface area contributed by atoms with Crippen molar-refractivity contribution in [3.63, 3.8) is 0 Å². The van der Waals surface area contributed by atoms with E-state index in [2.05, 4.69) is 67.6 Å². The number of rotatable bonds is 22. The lowest BCUT2D eigenvalue weighted by Gasteiger charge is -2.56. The summed E-state index contributed by atoms with van der Waals surface area (Å²) in [5.74, 6) is 2.04. The number of esters is 1. The normalized spacial score (nSPS) is 25.6. The number of piperidine rings is 1. The quantitative estimate of drug-likeness (QED) is 0.108. The van der Waals surface area contributed by atoms with E-state index in [-0.39, 0.29) is 23.2 Å². The number of ether oxygens (including phenoxy) is 1. The Kier molecular flexibility index (Phi) is 18.3. The van der Waals surface area contributed by atoms with Gasteiger partial charge in [0.05, 0.1) is 0 Å². The van der Waals surface area contributed by atoms with Crippen LogP contribution < -0.4 is 5.32 Å². The fourth-order valence-electron chi connectivity index (χ4n) is 8.02. The maximum atomic E-state index is 13.0. The summed E-state index contributed by atoms with van der Waals surface area (Å²) in [5.41, 5.74) is -0.0212. The molecule has 39 heavy (non-hydrogen) atoms. The summed E-state index contributed by atoms with van der Waals surface area (Å²) in [6.45, 7) is 20.9. The van der Waals surface area contributed by atoms with E-state index < -0.39 is 0 Å². The smallest absolute Gasteiger partial charge is 0.306 e. The zero-order valence-corrected chi connectivity index (χ0v) is 28.1. The number of hydrogen-bond donors (Lipinski definition) is 1. The molecular formula is C36H71NO2. The predicted molar refractivity (Wildman–Crippen MR) is 171 cm³/mol. The third-order valence-electron chi connectivity index (χ3n) is 9.05. The van der Waals surface area contributed by atoms with Crippen molar-refractivity contribution in [1.29, 1.82) is 0 Å². The van der Waals surface area contributed by atoms with Gasteiger partial charge in [0, 0.05) is 29.8 Å². The van der Waals surface area contributed by atoms with Crippen LogP contribution in [0.15, 0.2) is 0 Å². The molecule has 4 atom stereocenters. The van der Waals surface area contributed by atoms with Crippen molar-refractivity contribution >= 4 is 5.97 Å². The largest absolute Gasteiger partial charge is 0.462 e. The van der Waals surface area contributed by atoms with Crippen molar-refractivity contribution in [2.75, 3.05) is 0 Å². The van der Waals surface area contributed by atoms with Crippen LogP contribution in [0.3, 0.4) is 0 Å². The Morgan fingerprint density at radius 2 is 1.15 bits per heavy atom. The number of hydrogen-bond acceptors (Lipinski definition) is 3. The second-order valence-corrected chi connectivity index (χ2v) is 15.0. The SMILES string of the molecule is CCCCCCCCCCCCCCCCCC(=O)OC1CC(C)(CC(C)C)NC(C)(CC(C)C)C1C(C)C. The van der Waals surface area contributed by atoms with Gasteiger partial charge in [-0.25, -0.2) is 0 Å². The highest BCUT2D eigenvalue weighted by molar-refractivity contribution is 5.69. The Balaban J connectivity index is 2.38. The molecule has 4 unspecified atom stereocenters. The zero-order chi connectivity index (χ0) is 29.3. The molecule has 1 aliphatic rings. The third-order valence-corrected chi connectivity index (χ3v) is 9.05. The lowest BCUT2D eigenvalue weighted by Crippen LogP contribution is -2.69. The fourth-order valence-corrected chi connectivity index (χ4v) is 8.02. The summed E-state index contributed by atoms with van der Waals surface area (Å²) >= 11 is 0. The second kappa shape index (κ2) is 19.5. The standard InChI is InChI=1S/C36H71NO2/c1-10-11-12-13-14-15-16-17-18-19-20-21-22-23-24-25-33(38)39-32-28-35(8,26-29(2)3)37-36(9,27-30(4)5)34(32)31(6)7/h29-32,34,37H,10-28H2,1-9H3. The van der Waals surface area contributed by atoms with E-state index >= 15 is 0 Å². The van der Waals surface area contributed by atoms with Gasteiger partial charge in [-0.05, 0) is 50.9 Å². The van der Waals surface area contributed by atoms with E-state index in [9.17, 15) is 4.79 Å². The van der Waals surface area contributed by atoms with Gasteiger partial charge in [0.25, 0.3) is 0 Å².